The Labute approximate surface area is 117 Å². The van der Waals surface area contributed by atoms with E-state index >= 15 is 0 Å². The number of carbonyl (C=O) groups is 3. The molecular weight excluding hydrogens is 260 g/mol. The van der Waals surface area contributed by atoms with Crippen LogP contribution in [0.5, 0.6) is 0 Å². The molecule has 1 rings (SSSR count). The van der Waals surface area contributed by atoms with Crippen LogP contribution in [0.4, 0.5) is 0 Å². The number of methoxy groups -OCH3 is 1. The normalized spacial score (nSPS) is 13.2. The summed E-state index contributed by atoms with van der Waals surface area (Å²) < 4.78 is 9.42. The molecule has 0 amide bonds. The summed E-state index contributed by atoms with van der Waals surface area (Å²) in [5.41, 5.74) is -1.21. The van der Waals surface area contributed by atoms with Crippen molar-refractivity contribution in [3.63, 3.8) is 0 Å². The molecule has 20 heavy (non-hydrogen) atoms. The van der Waals surface area contributed by atoms with Gasteiger partial charge in [-0.1, -0.05) is 31.5 Å². The fourth-order valence-corrected chi connectivity index (χ4v) is 1.84. The molecule has 0 spiro atoms. The Bertz CT molecular complexity index is 494. The standard InChI is InChI=1S/C15H18O5/c1-4-10-15(2,13(17)19-3)14(18)20-12(16)11-8-6-5-7-9-11/h5-9H,4,10H2,1-3H3. The molecular formula is C15H18O5. The Morgan fingerprint density at radius 1 is 1.10 bits per heavy atom. The Morgan fingerprint density at radius 3 is 2.20 bits per heavy atom. The van der Waals surface area contributed by atoms with Crippen LogP contribution in [-0.2, 0) is 19.1 Å². The molecule has 0 fully saturated rings. The highest BCUT2D eigenvalue weighted by molar-refractivity contribution is 6.05. The maximum atomic E-state index is 12.1. The van der Waals surface area contributed by atoms with Crippen molar-refractivity contribution >= 4 is 17.9 Å². The molecule has 1 unspecified atom stereocenters. The maximum Gasteiger partial charge on any atom is 0.345 e. The first-order chi connectivity index (χ1) is 9.45. The SMILES string of the molecule is CCCC(C)(C(=O)OC)C(=O)OC(=O)c1ccccc1. The lowest BCUT2D eigenvalue weighted by molar-refractivity contribution is -0.166. The second-order valence-electron chi connectivity index (χ2n) is 4.62. The van der Waals surface area contributed by atoms with Crippen molar-refractivity contribution in [3.05, 3.63) is 35.9 Å². The first-order valence-corrected chi connectivity index (χ1v) is 6.35. The Hall–Kier alpha value is -2.17. The minimum Gasteiger partial charge on any atom is -0.468 e. The topological polar surface area (TPSA) is 69.7 Å². The third kappa shape index (κ3) is 3.44. The molecule has 1 aromatic carbocycles. The summed E-state index contributed by atoms with van der Waals surface area (Å²) in [6.45, 7) is 3.25. The van der Waals surface area contributed by atoms with E-state index in [1.54, 1.807) is 18.2 Å². The van der Waals surface area contributed by atoms with Crippen LogP contribution in [0.15, 0.2) is 30.3 Å². The fourth-order valence-electron chi connectivity index (χ4n) is 1.84. The molecule has 0 aliphatic carbocycles. The molecule has 1 aromatic rings. The van der Waals surface area contributed by atoms with E-state index < -0.39 is 23.3 Å². The monoisotopic (exact) mass is 278 g/mol. The summed E-state index contributed by atoms with van der Waals surface area (Å²) in [5, 5.41) is 0. The van der Waals surface area contributed by atoms with Crippen molar-refractivity contribution < 1.29 is 23.9 Å². The minimum atomic E-state index is -1.46. The molecule has 1 atom stereocenters. The molecule has 0 radical (unpaired) electrons. The van der Waals surface area contributed by atoms with Gasteiger partial charge in [0.05, 0.1) is 12.7 Å². The third-order valence-electron chi connectivity index (χ3n) is 3.03. The van der Waals surface area contributed by atoms with Crippen LogP contribution in [0.3, 0.4) is 0 Å². The van der Waals surface area contributed by atoms with Crippen molar-refractivity contribution in [2.75, 3.05) is 7.11 Å². The Kier molecular flexibility index (Phi) is 5.43. The number of rotatable bonds is 5. The highest BCUT2D eigenvalue weighted by Crippen LogP contribution is 2.27. The zero-order valence-corrected chi connectivity index (χ0v) is 11.8. The molecule has 0 aliphatic rings. The van der Waals surface area contributed by atoms with E-state index in [-0.39, 0.29) is 12.0 Å². The second kappa shape index (κ2) is 6.84. The van der Waals surface area contributed by atoms with Crippen LogP contribution in [-0.4, -0.2) is 25.0 Å². The van der Waals surface area contributed by atoms with Gasteiger partial charge in [0.1, 0.15) is 0 Å². The zero-order chi connectivity index (χ0) is 15.2. The van der Waals surface area contributed by atoms with Crippen molar-refractivity contribution in [1.82, 2.24) is 0 Å². The van der Waals surface area contributed by atoms with E-state index in [9.17, 15) is 14.4 Å². The van der Waals surface area contributed by atoms with Crippen molar-refractivity contribution in [3.8, 4) is 0 Å². The van der Waals surface area contributed by atoms with Gasteiger partial charge in [-0.3, -0.25) is 9.59 Å². The minimum absolute atomic E-state index is 0.251. The fraction of sp³-hybridized carbons (Fsp3) is 0.400. The van der Waals surface area contributed by atoms with E-state index in [4.69, 9.17) is 4.74 Å². The molecule has 0 saturated heterocycles. The molecule has 0 N–H and O–H groups in total. The molecule has 0 heterocycles. The Morgan fingerprint density at radius 2 is 1.70 bits per heavy atom. The van der Waals surface area contributed by atoms with E-state index in [0.29, 0.717) is 6.42 Å². The quantitative estimate of drug-likeness (QED) is 0.610. The molecule has 5 heteroatoms. The van der Waals surface area contributed by atoms with Crippen molar-refractivity contribution in [1.29, 1.82) is 0 Å². The average molecular weight is 278 g/mol. The summed E-state index contributed by atoms with van der Waals surface area (Å²) in [4.78, 5) is 35.7. The number of benzene rings is 1. The second-order valence-corrected chi connectivity index (χ2v) is 4.62. The summed E-state index contributed by atoms with van der Waals surface area (Å²) in [7, 11) is 1.20. The summed E-state index contributed by atoms with van der Waals surface area (Å²) in [6, 6.07) is 8.13. The van der Waals surface area contributed by atoms with E-state index in [0.717, 1.165) is 0 Å². The molecule has 108 valence electrons. The van der Waals surface area contributed by atoms with Gasteiger partial charge in [0.25, 0.3) is 0 Å². The molecule has 0 aliphatic heterocycles. The first-order valence-electron chi connectivity index (χ1n) is 6.35. The number of hydrogen-bond acceptors (Lipinski definition) is 5. The third-order valence-corrected chi connectivity index (χ3v) is 3.03. The zero-order valence-electron chi connectivity index (χ0n) is 11.8. The highest BCUT2D eigenvalue weighted by atomic mass is 16.6. The average Bonchev–Trinajstić information content (AvgIpc) is 2.47. The van der Waals surface area contributed by atoms with Gasteiger partial charge in [-0.25, -0.2) is 4.79 Å². The van der Waals surface area contributed by atoms with Gasteiger partial charge >= 0.3 is 17.9 Å². The van der Waals surface area contributed by atoms with Crippen LogP contribution < -0.4 is 0 Å². The summed E-state index contributed by atoms with van der Waals surface area (Å²) >= 11 is 0. The van der Waals surface area contributed by atoms with Gasteiger partial charge in [0.15, 0.2) is 5.41 Å². The van der Waals surface area contributed by atoms with Gasteiger partial charge < -0.3 is 9.47 Å². The van der Waals surface area contributed by atoms with Gasteiger partial charge in [0, 0.05) is 0 Å². The summed E-state index contributed by atoms with van der Waals surface area (Å²) in [5.74, 6) is -2.37. The van der Waals surface area contributed by atoms with Crippen molar-refractivity contribution in [2.24, 2.45) is 5.41 Å². The predicted octanol–water partition coefficient (Wildman–Crippen LogP) is 2.35. The number of hydrogen-bond donors (Lipinski definition) is 0. The lowest BCUT2D eigenvalue weighted by Gasteiger charge is -2.23. The van der Waals surface area contributed by atoms with Gasteiger partial charge in [-0.05, 0) is 25.5 Å². The maximum absolute atomic E-state index is 12.1. The van der Waals surface area contributed by atoms with Crippen LogP contribution in [0.2, 0.25) is 0 Å². The number of ether oxygens (including phenoxy) is 2. The molecule has 0 bridgehead atoms. The van der Waals surface area contributed by atoms with E-state index in [1.807, 2.05) is 6.92 Å². The van der Waals surface area contributed by atoms with Gasteiger partial charge in [0.2, 0.25) is 0 Å². The van der Waals surface area contributed by atoms with Crippen LogP contribution in [0.25, 0.3) is 0 Å². The molecule has 0 saturated carbocycles. The highest BCUT2D eigenvalue weighted by Gasteiger charge is 2.44. The largest absolute Gasteiger partial charge is 0.468 e. The smallest absolute Gasteiger partial charge is 0.345 e. The first kappa shape index (κ1) is 15.9. The number of esters is 3. The predicted molar refractivity (Wildman–Crippen MR) is 71.9 cm³/mol. The lowest BCUT2D eigenvalue weighted by atomic mass is 9.86. The Balaban J connectivity index is 2.87. The van der Waals surface area contributed by atoms with Crippen molar-refractivity contribution in [2.45, 2.75) is 26.7 Å². The van der Waals surface area contributed by atoms with Gasteiger partial charge in [-0.2, -0.15) is 0 Å². The van der Waals surface area contributed by atoms with Gasteiger partial charge in [-0.15, -0.1) is 0 Å². The molecule has 0 aromatic heterocycles. The molecule has 5 nitrogen and oxygen atoms in total. The van der Waals surface area contributed by atoms with Crippen LogP contribution in [0, 0.1) is 5.41 Å². The lowest BCUT2D eigenvalue weighted by Crippen LogP contribution is -2.39. The van der Waals surface area contributed by atoms with Crippen LogP contribution in [0.1, 0.15) is 37.0 Å². The summed E-state index contributed by atoms with van der Waals surface area (Å²) in [6.07, 6.45) is 0.834. The van der Waals surface area contributed by atoms with E-state index in [2.05, 4.69) is 4.74 Å². The van der Waals surface area contributed by atoms with E-state index in [1.165, 1.54) is 26.2 Å². The number of carbonyl (C=O) groups excluding carboxylic acids is 3. The van der Waals surface area contributed by atoms with Crippen LogP contribution >= 0.6 is 0 Å².